The molecule has 1 aromatic carbocycles. The first-order chi connectivity index (χ1) is 10.2. The van der Waals surface area contributed by atoms with Crippen molar-refractivity contribution in [2.45, 2.75) is 20.3 Å². The zero-order chi connectivity index (χ0) is 16.8. The maximum absolute atomic E-state index is 11.9. The van der Waals surface area contributed by atoms with Crippen molar-refractivity contribution >= 4 is 21.6 Å². The Morgan fingerprint density at radius 2 is 1.86 bits per heavy atom. The summed E-state index contributed by atoms with van der Waals surface area (Å²) in [5.74, 6) is 0.695. The van der Waals surface area contributed by atoms with Gasteiger partial charge in [0.25, 0.3) is 0 Å². The van der Waals surface area contributed by atoms with E-state index in [4.69, 9.17) is 4.74 Å². The van der Waals surface area contributed by atoms with Crippen molar-refractivity contribution in [1.29, 1.82) is 0 Å². The lowest BCUT2D eigenvalue weighted by Crippen LogP contribution is -2.35. The molecule has 1 rings (SSSR count). The lowest BCUT2D eigenvalue weighted by molar-refractivity contribution is -0.116. The van der Waals surface area contributed by atoms with Crippen LogP contribution in [-0.2, 0) is 14.8 Å². The molecule has 0 fully saturated rings. The molecule has 0 aromatic heterocycles. The number of carbonyl (C=O) groups is 1. The van der Waals surface area contributed by atoms with Crippen molar-refractivity contribution in [1.82, 2.24) is 4.31 Å². The Kier molecular flexibility index (Phi) is 6.83. The molecule has 124 valence electrons. The second-order valence-electron chi connectivity index (χ2n) is 5.54. The molecule has 7 heteroatoms. The van der Waals surface area contributed by atoms with Crippen LogP contribution in [0.1, 0.15) is 20.3 Å². The molecule has 0 unspecified atom stereocenters. The van der Waals surface area contributed by atoms with E-state index in [-0.39, 0.29) is 24.8 Å². The normalized spacial score (nSPS) is 11.7. The van der Waals surface area contributed by atoms with E-state index in [2.05, 4.69) is 5.32 Å². The number of benzene rings is 1. The maximum atomic E-state index is 11.9. The number of nitrogens with zero attached hydrogens (tertiary/aromatic N) is 1. The molecule has 0 heterocycles. The van der Waals surface area contributed by atoms with Gasteiger partial charge in [0.05, 0.1) is 13.4 Å². The van der Waals surface area contributed by atoms with Gasteiger partial charge in [0.1, 0.15) is 5.75 Å². The summed E-state index contributed by atoms with van der Waals surface area (Å²) in [6.45, 7) is 4.47. The number of amides is 1. The van der Waals surface area contributed by atoms with E-state index in [0.29, 0.717) is 18.0 Å². The van der Waals surface area contributed by atoms with Crippen molar-refractivity contribution in [3.63, 3.8) is 0 Å². The van der Waals surface area contributed by atoms with Crippen molar-refractivity contribution < 1.29 is 17.9 Å². The molecule has 1 amide bonds. The average Bonchev–Trinajstić information content (AvgIpc) is 2.42. The second-order valence-corrected chi connectivity index (χ2v) is 7.52. The zero-order valence-corrected chi connectivity index (χ0v) is 14.3. The molecule has 1 aromatic rings. The highest BCUT2D eigenvalue weighted by Crippen LogP contribution is 2.15. The number of anilines is 1. The molecule has 0 saturated heterocycles. The van der Waals surface area contributed by atoms with E-state index in [9.17, 15) is 13.2 Å². The van der Waals surface area contributed by atoms with Gasteiger partial charge in [-0.15, -0.1) is 0 Å². The molecule has 0 saturated carbocycles. The molecule has 0 aliphatic heterocycles. The fourth-order valence-corrected chi connectivity index (χ4v) is 2.92. The summed E-state index contributed by atoms with van der Waals surface area (Å²) in [4.78, 5) is 11.9. The van der Waals surface area contributed by atoms with E-state index < -0.39 is 10.0 Å². The zero-order valence-electron chi connectivity index (χ0n) is 13.5. The lowest BCUT2D eigenvalue weighted by Gasteiger charge is -2.21. The number of methoxy groups -OCH3 is 1. The third-order valence-electron chi connectivity index (χ3n) is 3.00. The van der Waals surface area contributed by atoms with E-state index >= 15 is 0 Å². The average molecular weight is 328 g/mol. The second kappa shape index (κ2) is 8.14. The summed E-state index contributed by atoms with van der Waals surface area (Å²) in [6.07, 6.45) is 1.28. The highest BCUT2D eigenvalue weighted by molar-refractivity contribution is 7.88. The highest BCUT2D eigenvalue weighted by atomic mass is 32.2. The summed E-state index contributed by atoms with van der Waals surface area (Å²) >= 11 is 0. The van der Waals surface area contributed by atoms with Gasteiger partial charge in [-0.2, -0.15) is 0 Å². The molecule has 1 N–H and O–H groups in total. The van der Waals surface area contributed by atoms with E-state index in [0.717, 1.165) is 6.26 Å². The number of ether oxygens (including phenoxy) is 1. The highest BCUT2D eigenvalue weighted by Gasteiger charge is 2.18. The quantitative estimate of drug-likeness (QED) is 0.791. The molecular weight excluding hydrogens is 304 g/mol. The van der Waals surface area contributed by atoms with Crippen LogP contribution in [-0.4, -0.2) is 45.1 Å². The fraction of sp³-hybridized carbons (Fsp3) is 0.533. The predicted molar refractivity (Wildman–Crippen MR) is 87.5 cm³/mol. The monoisotopic (exact) mass is 328 g/mol. The summed E-state index contributed by atoms with van der Waals surface area (Å²) in [5.41, 5.74) is 0.653. The summed E-state index contributed by atoms with van der Waals surface area (Å²) in [7, 11) is -1.73. The molecule has 0 spiro atoms. The minimum atomic E-state index is -3.30. The van der Waals surface area contributed by atoms with Gasteiger partial charge in [-0.1, -0.05) is 13.8 Å². The number of carbonyl (C=O) groups excluding carboxylic acids is 1. The number of nitrogens with one attached hydrogen (secondary N) is 1. The first-order valence-corrected chi connectivity index (χ1v) is 8.96. The Bertz CT molecular complexity index is 582. The van der Waals surface area contributed by atoms with Crippen LogP contribution in [0.15, 0.2) is 24.3 Å². The Labute approximate surface area is 132 Å². The van der Waals surface area contributed by atoms with Crippen LogP contribution in [0.3, 0.4) is 0 Å². The van der Waals surface area contributed by atoms with Gasteiger partial charge >= 0.3 is 0 Å². The van der Waals surface area contributed by atoms with Crippen molar-refractivity contribution in [3.8, 4) is 5.75 Å². The molecular formula is C15H24N2O4S. The predicted octanol–water partition coefficient (Wildman–Crippen LogP) is 1.94. The molecule has 22 heavy (non-hydrogen) atoms. The fourth-order valence-electron chi connectivity index (χ4n) is 1.92. The summed E-state index contributed by atoms with van der Waals surface area (Å²) < 4.78 is 29.8. The summed E-state index contributed by atoms with van der Waals surface area (Å²) in [6, 6.07) is 6.97. The lowest BCUT2D eigenvalue weighted by atomic mass is 10.2. The molecule has 0 radical (unpaired) electrons. The van der Waals surface area contributed by atoms with E-state index in [1.54, 1.807) is 31.4 Å². The molecule has 0 atom stereocenters. The van der Waals surface area contributed by atoms with E-state index in [1.165, 1.54) is 4.31 Å². The van der Waals surface area contributed by atoms with Gasteiger partial charge < -0.3 is 10.1 Å². The number of sulfonamides is 1. The van der Waals surface area contributed by atoms with Crippen LogP contribution >= 0.6 is 0 Å². The molecule has 0 aliphatic rings. The molecule has 6 nitrogen and oxygen atoms in total. The van der Waals surface area contributed by atoms with Gasteiger partial charge in [0.2, 0.25) is 15.9 Å². The van der Waals surface area contributed by atoms with Gasteiger partial charge in [-0.25, -0.2) is 12.7 Å². The van der Waals surface area contributed by atoms with Crippen molar-refractivity contribution in [2.75, 3.05) is 31.8 Å². The first-order valence-electron chi connectivity index (χ1n) is 7.11. The Hall–Kier alpha value is -1.60. The number of rotatable bonds is 8. The smallest absolute Gasteiger partial charge is 0.225 e. The Balaban J connectivity index is 2.56. The SMILES string of the molecule is COc1ccc(NC(=O)CCN(CC(C)C)S(C)(=O)=O)cc1. The topological polar surface area (TPSA) is 75.7 Å². The number of hydrogen-bond donors (Lipinski definition) is 1. The van der Waals surface area contributed by atoms with Gasteiger partial charge in [-0.3, -0.25) is 4.79 Å². The molecule has 0 aliphatic carbocycles. The van der Waals surface area contributed by atoms with Gasteiger partial charge in [0.15, 0.2) is 0 Å². The number of hydrogen-bond acceptors (Lipinski definition) is 4. The van der Waals surface area contributed by atoms with Crippen LogP contribution in [0.4, 0.5) is 5.69 Å². The minimum Gasteiger partial charge on any atom is -0.497 e. The van der Waals surface area contributed by atoms with Crippen LogP contribution in [0.2, 0.25) is 0 Å². The van der Waals surface area contributed by atoms with Crippen molar-refractivity contribution in [2.24, 2.45) is 5.92 Å². The third kappa shape index (κ3) is 6.44. The third-order valence-corrected chi connectivity index (χ3v) is 4.27. The van der Waals surface area contributed by atoms with Crippen LogP contribution in [0.25, 0.3) is 0 Å². The Morgan fingerprint density at radius 3 is 2.32 bits per heavy atom. The van der Waals surface area contributed by atoms with Crippen molar-refractivity contribution in [3.05, 3.63) is 24.3 Å². The van der Waals surface area contributed by atoms with E-state index in [1.807, 2.05) is 13.8 Å². The van der Waals surface area contributed by atoms with Gasteiger partial charge in [0, 0.05) is 25.2 Å². The van der Waals surface area contributed by atoms with Crippen LogP contribution in [0.5, 0.6) is 5.75 Å². The summed E-state index contributed by atoms with van der Waals surface area (Å²) in [5, 5.41) is 2.74. The van der Waals surface area contributed by atoms with Crippen LogP contribution < -0.4 is 10.1 Å². The Morgan fingerprint density at radius 1 is 1.27 bits per heavy atom. The van der Waals surface area contributed by atoms with Gasteiger partial charge in [-0.05, 0) is 30.2 Å². The maximum Gasteiger partial charge on any atom is 0.225 e. The minimum absolute atomic E-state index is 0.117. The molecule has 0 bridgehead atoms. The largest absolute Gasteiger partial charge is 0.497 e. The van der Waals surface area contributed by atoms with Crippen LogP contribution in [0, 0.1) is 5.92 Å². The standard InChI is InChI=1S/C15H24N2O4S/c1-12(2)11-17(22(4,19)20)10-9-15(18)16-13-5-7-14(21-3)8-6-13/h5-8,12H,9-11H2,1-4H3,(H,16,18). The first kappa shape index (κ1) is 18.4.